The first-order valence-corrected chi connectivity index (χ1v) is 4.34. The third kappa shape index (κ3) is 2.73. The van der Waals surface area contributed by atoms with Crippen LogP contribution < -0.4 is 10.6 Å². The van der Waals surface area contributed by atoms with Crippen LogP contribution in [0.1, 0.15) is 5.56 Å². The van der Waals surface area contributed by atoms with Crippen LogP contribution in [0.15, 0.2) is 18.2 Å². The van der Waals surface area contributed by atoms with Crippen molar-refractivity contribution in [2.45, 2.75) is 6.92 Å². The first-order valence-electron chi connectivity index (χ1n) is 4.34. The van der Waals surface area contributed by atoms with Crippen LogP contribution in [0.3, 0.4) is 0 Å². The van der Waals surface area contributed by atoms with Gasteiger partial charge >= 0.3 is 0 Å². The fraction of sp³-hybridized carbons (Fsp3) is 0.300. The van der Waals surface area contributed by atoms with Gasteiger partial charge in [-0.15, -0.1) is 0 Å². The Balaban J connectivity index is 2.60. The van der Waals surface area contributed by atoms with Gasteiger partial charge in [0.2, 0.25) is 5.91 Å². The molecule has 1 amide bonds. The van der Waals surface area contributed by atoms with Crippen LogP contribution in [0.25, 0.3) is 0 Å². The van der Waals surface area contributed by atoms with E-state index in [1.54, 1.807) is 26.1 Å². The molecule has 0 aromatic heterocycles. The Kier molecular flexibility index (Phi) is 3.45. The second kappa shape index (κ2) is 4.60. The van der Waals surface area contributed by atoms with E-state index in [2.05, 4.69) is 10.6 Å². The SMILES string of the molecule is CNC(=O)CNc1ccc(F)c(C)c1. The molecule has 0 radical (unpaired) electrons. The summed E-state index contributed by atoms with van der Waals surface area (Å²) >= 11 is 0. The molecule has 2 N–H and O–H groups in total. The van der Waals surface area contributed by atoms with Gasteiger partial charge in [0.05, 0.1) is 6.54 Å². The summed E-state index contributed by atoms with van der Waals surface area (Å²) in [5.41, 5.74) is 1.31. The molecular formula is C10H13FN2O. The standard InChI is InChI=1S/C10H13FN2O/c1-7-5-8(3-4-9(7)11)13-6-10(14)12-2/h3-5,13H,6H2,1-2H3,(H,12,14). The number of anilines is 1. The molecule has 0 aliphatic heterocycles. The Labute approximate surface area is 82.3 Å². The number of hydrogen-bond acceptors (Lipinski definition) is 2. The first kappa shape index (κ1) is 10.5. The molecule has 1 aromatic carbocycles. The molecule has 0 atom stereocenters. The Morgan fingerprint density at radius 3 is 2.79 bits per heavy atom. The lowest BCUT2D eigenvalue weighted by Crippen LogP contribution is -2.26. The molecule has 0 saturated heterocycles. The predicted octanol–water partition coefficient (Wildman–Crippen LogP) is 1.29. The highest BCUT2D eigenvalue weighted by Gasteiger charge is 2.00. The molecule has 4 heteroatoms. The van der Waals surface area contributed by atoms with Crippen molar-refractivity contribution in [3.63, 3.8) is 0 Å². The van der Waals surface area contributed by atoms with Crippen molar-refractivity contribution in [2.75, 3.05) is 18.9 Å². The smallest absolute Gasteiger partial charge is 0.239 e. The van der Waals surface area contributed by atoms with E-state index in [1.165, 1.54) is 6.07 Å². The minimum absolute atomic E-state index is 0.105. The maximum absolute atomic E-state index is 12.9. The molecule has 14 heavy (non-hydrogen) atoms. The van der Waals surface area contributed by atoms with Gasteiger partial charge in [-0.3, -0.25) is 4.79 Å². The Hall–Kier alpha value is -1.58. The number of amides is 1. The van der Waals surface area contributed by atoms with Gasteiger partial charge in [-0.2, -0.15) is 0 Å². The Morgan fingerprint density at radius 1 is 1.50 bits per heavy atom. The molecular weight excluding hydrogens is 183 g/mol. The molecule has 0 fully saturated rings. The predicted molar refractivity (Wildman–Crippen MR) is 53.7 cm³/mol. The van der Waals surface area contributed by atoms with E-state index < -0.39 is 0 Å². The van der Waals surface area contributed by atoms with Crippen molar-refractivity contribution >= 4 is 11.6 Å². The summed E-state index contributed by atoms with van der Waals surface area (Å²) in [6, 6.07) is 4.64. The summed E-state index contributed by atoms with van der Waals surface area (Å²) in [6.45, 7) is 1.88. The molecule has 0 unspecified atom stereocenters. The number of carbonyl (C=O) groups is 1. The number of aryl methyl sites for hydroxylation is 1. The molecule has 1 rings (SSSR count). The maximum atomic E-state index is 12.9. The fourth-order valence-electron chi connectivity index (χ4n) is 1.03. The van der Waals surface area contributed by atoms with Crippen LogP contribution in [-0.4, -0.2) is 19.5 Å². The van der Waals surface area contributed by atoms with Crippen molar-refractivity contribution in [3.05, 3.63) is 29.6 Å². The number of carbonyl (C=O) groups excluding carboxylic acids is 1. The van der Waals surface area contributed by atoms with E-state index in [4.69, 9.17) is 0 Å². The topological polar surface area (TPSA) is 41.1 Å². The molecule has 0 saturated carbocycles. The zero-order chi connectivity index (χ0) is 10.6. The quantitative estimate of drug-likeness (QED) is 0.764. The van der Waals surface area contributed by atoms with Crippen LogP contribution in [-0.2, 0) is 4.79 Å². The highest BCUT2D eigenvalue weighted by Crippen LogP contribution is 2.12. The molecule has 0 aliphatic carbocycles. The second-order valence-corrected chi connectivity index (χ2v) is 2.99. The van der Waals surface area contributed by atoms with Gasteiger partial charge in [0, 0.05) is 12.7 Å². The third-order valence-corrected chi connectivity index (χ3v) is 1.89. The summed E-state index contributed by atoms with van der Waals surface area (Å²) in [6.07, 6.45) is 0. The molecule has 0 heterocycles. The maximum Gasteiger partial charge on any atom is 0.239 e. The molecule has 1 aromatic rings. The zero-order valence-corrected chi connectivity index (χ0v) is 8.23. The summed E-state index contributed by atoms with van der Waals surface area (Å²) < 4.78 is 12.9. The zero-order valence-electron chi connectivity index (χ0n) is 8.23. The van der Waals surface area contributed by atoms with Gasteiger partial charge in [0.25, 0.3) is 0 Å². The molecule has 0 bridgehead atoms. The third-order valence-electron chi connectivity index (χ3n) is 1.89. The molecule has 0 spiro atoms. The fourth-order valence-corrected chi connectivity index (χ4v) is 1.03. The van der Waals surface area contributed by atoms with Gasteiger partial charge in [0.1, 0.15) is 5.82 Å². The van der Waals surface area contributed by atoms with Crippen molar-refractivity contribution in [1.82, 2.24) is 5.32 Å². The molecule has 76 valence electrons. The first-order chi connectivity index (χ1) is 6.63. The highest BCUT2D eigenvalue weighted by atomic mass is 19.1. The number of likely N-dealkylation sites (N-methyl/N-ethyl adjacent to an activating group) is 1. The van der Waals surface area contributed by atoms with Gasteiger partial charge in [0.15, 0.2) is 0 Å². The average Bonchev–Trinajstić information content (AvgIpc) is 2.19. The van der Waals surface area contributed by atoms with Crippen molar-refractivity contribution < 1.29 is 9.18 Å². The minimum atomic E-state index is -0.240. The lowest BCUT2D eigenvalue weighted by Gasteiger charge is -2.06. The second-order valence-electron chi connectivity index (χ2n) is 2.99. The van der Waals surface area contributed by atoms with Crippen molar-refractivity contribution in [2.24, 2.45) is 0 Å². The van der Waals surface area contributed by atoms with Gasteiger partial charge in [-0.1, -0.05) is 0 Å². The van der Waals surface area contributed by atoms with Crippen LogP contribution in [0, 0.1) is 12.7 Å². The lowest BCUT2D eigenvalue weighted by atomic mass is 10.2. The largest absolute Gasteiger partial charge is 0.376 e. The number of halogens is 1. The normalized spacial score (nSPS) is 9.64. The summed E-state index contributed by atoms with van der Waals surface area (Å²) in [5, 5.41) is 5.37. The summed E-state index contributed by atoms with van der Waals surface area (Å²) in [4.78, 5) is 10.9. The molecule has 3 nitrogen and oxygen atoms in total. The van der Waals surface area contributed by atoms with E-state index >= 15 is 0 Å². The van der Waals surface area contributed by atoms with Crippen LogP contribution >= 0.6 is 0 Å². The van der Waals surface area contributed by atoms with E-state index in [0.29, 0.717) is 5.56 Å². The number of benzene rings is 1. The Morgan fingerprint density at radius 2 is 2.21 bits per heavy atom. The average molecular weight is 196 g/mol. The van der Waals surface area contributed by atoms with E-state index in [0.717, 1.165) is 5.69 Å². The van der Waals surface area contributed by atoms with Crippen LogP contribution in [0.5, 0.6) is 0 Å². The van der Waals surface area contributed by atoms with Gasteiger partial charge in [-0.05, 0) is 30.7 Å². The lowest BCUT2D eigenvalue weighted by molar-refractivity contribution is -0.118. The summed E-state index contributed by atoms with van der Waals surface area (Å²) in [7, 11) is 1.57. The van der Waals surface area contributed by atoms with E-state index in [1.807, 2.05) is 0 Å². The van der Waals surface area contributed by atoms with Crippen LogP contribution in [0.2, 0.25) is 0 Å². The van der Waals surface area contributed by atoms with Crippen LogP contribution in [0.4, 0.5) is 10.1 Å². The van der Waals surface area contributed by atoms with Crippen molar-refractivity contribution in [1.29, 1.82) is 0 Å². The Bertz CT molecular complexity index is 339. The highest BCUT2D eigenvalue weighted by molar-refractivity contribution is 5.80. The summed E-state index contributed by atoms with van der Waals surface area (Å²) in [5.74, 6) is -0.345. The van der Waals surface area contributed by atoms with E-state index in [9.17, 15) is 9.18 Å². The van der Waals surface area contributed by atoms with E-state index in [-0.39, 0.29) is 18.3 Å². The number of nitrogens with one attached hydrogen (secondary N) is 2. The number of hydrogen-bond donors (Lipinski definition) is 2. The minimum Gasteiger partial charge on any atom is -0.376 e. The number of rotatable bonds is 3. The van der Waals surface area contributed by atoms with Gasteiger partial charge < -0.3 is 10.6 Å². The monoisotopic (exact) mass is 196 g/mol. The van der Waals surface area contributed by atoms with Gasteiger partial charge in [-0.25, -0.2) is 4.39 Å². The van der Waals surface area contributed by atoms with Crippen molar-refractivity contribution in [3.8, 4) is 0 Å². The molecule has 0 aliphatic rings.